The Morgan fingerprint density at radius 3 is 2.89 bits per heavy atom. The highest BCUT2D eigenvalue weighted by Crippen LogP contribution is 2.36. The number of ether oxygens (including phenoxy) is 1. The molecule has 2 atom stereocenters. The van der Waals surface area contributed by atoms with Crippen molar-refractivity contribution in [3.63, 3.8) is 0 Å². The van der Waals surface area contributed by atoms with Gasteiger partial charge in [-0.2, -0.15) is 0 Å². The van der Waals surface area contributed by atoms with Crippen LogP contribution < -0.4 is 10.1 Å². The standard InChI is InChI=1S/C14H20BrNO2/c1-9-6-13(18-2)11(7-12(9)15)14(17)10-4-3-5-16-8-10/h6-7,10,14,16-17H,3-5,8H2,1-2H3. The van der Waals surface area contributed by atoms with Gasteiger partial charge in [-0.1, -0.05) is 15.9 Å². The Labute approximate surface area is 117 Å². The van der Waals surface area contributed by atoms with Crippen LogP contribution in [-0.2, 0) is 0 Å². The quantitative estimate of drug-likeness (QED) is 0.901. The zero-order valence-electron chi connectivity index (χ0n) is 10.9. The molecule has 1 aliphatic heterocycles. The van der Waals surface area contributed by atoms with Gasteiger partial charge in [0.2, 0.25) is 0 Å². The summed E-state index contributed by atoms with van der Waals surface area (Å²) in [6.07, 6.45) is 1.71. The molecule has 3 nitrogen and oxygen atoms in total. The Hall–Kier alpha value is -0.580. The van der Waals surface area contributed by atoms with Crippen molar-refractivity contribution in [2.24, 2.45) is 5.92 Å². The van der Waals surface area contributed by atoms with Crippen molar-refractivity contribution in [1.29, 1.82) is 0 Å². The number of aryl methyl sites for hydroxylation is 1. The molecular formula is C14H20BrNO2. The molecule has 1 heterocycles. The summed E-state index contributed by atoms with van der Waals surface area (Å²) < 4.78 is 6.41. The average Bonchev–Trinajstić information content (AvgIpc) is 2.41. The maximum Gasteiger partial charge on any atom is 0.125 e. The van der Waals surface area contributed by atoms with Gasteiger partial charge in [-0.25, -0.2) is 0 Å². The van der Waals surface area contributed by atoms with Crippen LogP contribution in [0.4, 0.5) is 0 Å². The first-order valence-corrected chi connectivity index (χ1v) is 7.15. The first-order valence-electron chi connectivity index (χ1n) is 6.36. The number of nitrogens with one attached hydrogen (secondary N) is 1. The van der Waals surface area contributed by atoms with Gasteiger partial charge in [0.15, 0.2) is 0 Å². The van der Waals surface area contributed by atoms with Crippen LogP contribution in [0, 0.1) is 12.8 Å². The molecule has 2 unspecified atom stereocenters. The number of hydrogen-bond acceptors (Lipinski definition) is 3. The number of hydrogen-bond donors (Lipinski definition) is 2. The lowest BCUT2D eigenvalue weighted by Crippen LogP contribution is -2.33. The predicted molar refractivity (Wildman–Crippen MR) is 76.0 cm³/mol. The summed E-state index contributed by atoms with van der Waals surface area (Å²) in [7, 11) is 1.65. The minimum absolute atomic E-state index is 0.266. The van der Waals surface area contributed by atoms with Crippen LogP contribution >= 0.6 is 15.9 Å². The van der Waals surface area contributed by atoms with E-state index < -0.39 is 6.10 Å². The van der Waals surface area contributed by atoms with Crippen LogP contribution in [0.1, 0.15) is 30.1 Å². The maximum atomic E-state index is 10.5. The third-order valence-corrected chi connectivity index (χ3v) is 4.47. The molecule has 0 spiro atoms. The van der Waals surface area contributed by atoms with Crippen molar-refractivity contribution in [3.8, 4) is 5.75 Å². The number of piperidine rings is 1. The highest BCUT2D eigenvalue weighted by atomic mass is 79.9. The van der Waals surface area contributed by atoms with E-state index in [0.717, 1.165) is 47.3 Å². The monoisotopic (exact) mass is 313 g/mol. The number of halogens is 1. The van der Waals surface area contributed by atoms with Crippen LogP contribution in [0.5, 0.6) is 5.75 Å². The lowest BCUT2D eigenvalue weighted by atomic mass is 9.89. The minimum Gasteiger partial charge on any atom is -0.496 e. The van der Waals surface area contributed by atoms with Gasteiger partial charge in [0.05, 0.1) is 13.2 Å². The van der Waals surface area contributed by atoms with Gasteiger partial charge in [-0.05, 0) is 44.0 Å². The first-order chi connectivity index (χ1) is 8.63. The molecule has 0 bridgehead atoms. The van der Waals surface area contributed by atoms with Crippen molar-refractivity contribution < 1.29 is 9.84 Å². The van der Waals surface area contributed by atoms with Gasteiger partial charge in [0, 0.05) is 22.5 Å². The van der Waals surface area contributed by atoms with Crippen LogP contribution in [0.15, 0.2) is 16.6 Å². The highest BCUT2D eigenvalue weighted by molar-refractivity contribution is 9.10. The molecule has 2 rings (SSSR count). The second-order valence-corrected chi connectivity index (χ2v) is 5.75. The van der Waals surface area contributed by atoms with Gasteiger partial charge in [0.1, 0.15) is 5.75 Å². The Morgan fingerprint density at radius 2 is 2.28 bits per heavy atom. The Kier molecular flexibility index (Phi) is 4.65. The van der Waals surface area contributed by atoms with E-state index in [2.05, 4.69) is 21.2 Å². The molecule has 1 aromatic carbocycles. The SMILES string of the molecule is COc1cc(C)c(Br)cc1C(O)C1CCCNC1. The van der Waals surface area contributed by atoms with E-state index in [4.69, 9.17) is 4.74 Å². The summed E-state index contributed by atoms with van der Waals surface area (Å²) in [5.41, 5.74) is 1.99. The van der Waals surface area contributed by atoms with Crippen molar-refractivity contribution in [3.05, 3.63) is 27.7 Å². The molecular weight excluding hydrogens is 294 g/mol. The molecule has 18 heavy (non-hydrogen) atoms. The second-order valence-electron chi connectivity index (χ2n) is 4.89. The fraction of sp³-hybridized carbons (Fsp3) is 0.571. The number of methoxy groups -OCH3 is 1. The molecule has 4 heteroatoms. The van der Waals surface area contributed by atoms with E-state index in [9.17, 15) is 5.11 Å². The van der Waals surface area contributed by atoms with Crippen LogP contribution in [0.2, 0.25) is 0 Å². The number of rotatable bonds is 3. The lowest BCUT2D eigenvalue weighted by Gasteiger charge is -2.28. The van der Waals surface area contributed by atoms with Crippen molar-refractivity contribution in [2.75, 3.05) is 20.2 Å². The minimum atomic E-state index is -0.468. The van der Waals surface area contributed by atoms with Gasteiger partial charge >= 0.3 is 0 Å². The van der Waals surface area contributed by atoms with Crippen molar-refractivity contribution >= 4 is 15.9 Å². The van der Waals surface area contributed by atoms with Crippen LogP contribution in [0.3, 0.4) is 0 Å². The van der Waals surface area contributed by atoms with E-state index in [0.29, 0.717) is 0 Å². The molecule has 0 saturated carbocycles. The zero-order chi connectivity index (χ0) is 13.1. The summed E-state index contributed by atoms with van der Waals surface area (Å²) in [6, 6.07) is 3.95. The van der Waals surface area contributed by atoms with Gasteiger partial charge in [0.25, 0.3) is 0 Å². The molecule has 100 valence electrons. The topological polar surface area (TPSA) is 41.5 Å². The Morgan fingerprint density at radius 1 is 1.50 bits per heavy atom. The van der Waals surface area contributed by atoms with E-state index >= 15 is 0 Å². The number of aliphatic hydroxyl groups excluding tert-OH is 1. The summed E-state index contributed by atoms with van der Waals surface area (Å²) in [5.74, 6) is 1.04. The summed E-state index contributed by atoms with van der Waals surface area (Å²) in [6.45, 7) is 3.94. The normalized spacial score (nSPS) is 21.7. The summed E-state index contributed by atoms with van der Waals surface area (Å²) >= 11 is 3.52. The predicted octanol–water partition coefficient (Wildman–Crippen LogP) is 2.80. The van der Waals surface area contributed by atoms with Gasteiger partial charge < -0.3 is 15.2 Å². The molecule has 0 amide bonds. The van der Waals surface area contributed by atoms with E-state index in [1.807, 2.05) is 19.1 Å². The van der Waals surface area contributed by atoms with Crippen LogP contribution in [0.25, 0.3) is 0 Å². The van der Waals surface area contributed by atoms with Crippen molar-refractivity contribution in [2.45, 2.75) is 25.9 Å². The molecule has 1 aliphatic rings. The lowest BCUT2D eigenvalue weighted by molar-refractivity contribution is 0.0896. The fourth-order valence-electron chi connectivity index (χ4n) is 2.48. The Balaban J connectivity index is 2.27. The van der Waals surface area contributed by atoms with Crippen LogP contribution in [-0.4, -0.2) is 25.3 Å². The van der Waals surface area contributed by atoms with Gasteiger partial charge in [-0.15, -0.1) is 0 Å². The van der Waals surface area contributed by atoms with Gasteiger partial charge in [-0.3, -0.25) is 0 Å². The van der Waals surface area contributed by atoms with Crippen molar-refractivity contribution in [1.82, 2.24) is 5.32 Å². The number of aliphatic hydroxyl groups is 1. The average molecular weight is 314 g/mol. The molecule has 0 aromatic heterocycles. The maximum absolute atomic E-state index is 10.5. The Bertz CT molecular complexity index is 417. The molecule has 0 aliphatic carbocycles. The largest absolute Gasteiger partial charge is 0.496 e. The molecule has 0 radical (unpaired) electrons. The number of benzene rings is 1. The fourth-order valence-corrected chi connectivity index (χ4v) is 2.84. The highest BCUT2D eigenvalue weighted by Gasteiger charge is 2.25. The summed E-state index contributed by atoms with van der Waals surface area (Å²) in [4.78, 5) is 0. The van der Waals surface area contributed by atoms with E-state index in [1.54, 1.807) is 7.11 Å². The molecule has 2 N–H and O–H groups in total. The molecule has 1 aromatic rings. The third kappa shape index (κ3) is 2.87. The summed E-state index contributed by atoms with van der Waals surface area (Å²) in [5, 5.41) is 13.9. The first kappa shape index (κ1) is 13.8. The van der Waals surface area contributed by atoms with E-state index in [1.165, 1.54) is 0 Å². The molecule has 1 saturated heterocycles. The molecule has 1 fully saturated rings. The smallest absolute Gasteiger partial charge is 0.125 e. The third-order valence-electron chi connectivity index (χ3n) is 3.61. The van der Waals surface area contributed by atoms with E-state index in [-0.39, 0.29) is 5.92 Å². The zero-order valence-corrected chi connectivity index (χ0v) is 12.5. The second kappa shape index (κ2) is 6.04.